The second-order valence-corrected chi connectivity index (χ2v) is 6.74. The van der Waals surface area contributed by atoms with Crippen LogP contribution in [-0.2, 0) is 14.6 Å². The Balaban J connectivity index is 2.53. The second-order valence-electron chi connectivity index (χ2n) is 3.75. The Morgan fingerprint density at radius 3 is 2.82 bits per heavy atom. The Labute approximate surface area is 107 Å². The molecule has 1 aromatic rings. The molecule has 0 amide bonds. The van der Waals surface area contributed by atoms with Crippen LogP contribution >= 0.6 is 15.9 Å². The lowest BCUT2D eigenvalue weighted by Crippen LogP contribution is -2.38. The lowest BCUT2D eigenvalue weighted by atomic mass is 10.2. The molecule has 17 heavy (non-hydrogen) atoms. The number of rotatable bonds is 2. The highest BCUT2D eigenvalue weighted by Crippen LogP contribution is 2.32. The van der Waals surface area contributed by atoms with Crippen molar-refractivity contribution in [3.05, 3.63) is 22.7 Å². The van der Waals surface area contributed by atoms with Gasteiger partial charge in [0.15, 0.2) is 9.84 Å². The number of hydrogen-bond donors (Lipinski definition) is 1. The number of aliphatic carboxylic acids is 1. The van der Waals surface area contributed by atoms with Gasteiger partial charge in [-0.2, -0.15) is 0 Å². The molecule has 0 fully saturated rings. The zero-order valence-electron chi connectivity index (χ0n) is 8.76. The number of nitrogens with zero attached hydrogens (tertiary/aromatic N) is 1. The van der Waals surface area contributed by atoms with E-state index in [-0.39, 0.29) is 23.7 Å². The molecule has 92 valence electrons. The van der Waals surface area contributed by atoms with Crippen molar-refractivity contribution in [1.29, 1.82) is 0 Å². The number of carbonyl (C=O) groups is 1. The summed E-state index contributed by atoms with van der Waals surface area (Å²) >= 11 is 3.25. The van der Waals surface area contributed by atoms with Crippen LogP contribution in [-0.4, -0.2) is 38.3 Å². The van der Waals surface area contributed by atoms with E-state index in [1.807, 2.05) is 0 Å². The van der Waals surface area contributed by atoms with Crippen molar-refractivity contribution in [2.45, 2.75) is 4.90 Å². The van der Waals surface area contributed by atoms with Gasteiger partial charge < -0.3 is 10.0 Å². The predicted molar refractivity (Wildman–Crippen MR) is 66.0 cm³/mol. The van der Waals surface area contributed by atoms with Gasteiger partial charge in [0.05, 0.1) is 16.3 Å². The van der Waals surface area contributed by atoms with Gasteiger partial charge in [0, 0.05) is 11.0 Å². The normalized spacial score (nSPS) is 17.6. The van der Waals surface area contributed by atoms with Gasteiger partial charge in [-0.1, -0.05) is 15.9 Å². The molecule has 5 nitrogen and oxygen atoms in total. The van der Waals surface area contributed by atoms with Crippen LogP contribution in [0.1, 0.15) is 0 Å². The largest absolute Gasteiger partial charge is 0.480 e. The van der Waals surface area contributed by atoms with E-state index in [2.05, 4.69) is 15.9 Å². The number of benzene rings is 1. The SMILES string of the molecule is O=C(O)CN1CCS(=O)(=O)c2ccc(Br)cc21. The molecule has 0 spiro atoms. The maximum absolute atomic E-state index is 11.8. The molecule has 2 rings (SSSR count). The highest BCUT2D eigenvalue weighted by Gasteiger charge is 2.29. The first kappa shape index (κ1) is 12.4. The van der Waals surface area contributed by atoms with Crippen molar-refractivity contribution in [2.75, 3.05) is 23.7 Å². The first-order valence-corrected chi connectivity index (χ1v) is 7.34. The minimum Gasteiger partial charge on any atom is -0.480 e. The third kappa shape index (κ3) is 2.44. The zero-order chi connectivity index (χ0) is 12.6. The number of anilines is 1. The summed E-state index contributed by atoms with van der Waals surface area (Å²) in [5.41, 5.74) is 0.452. The van der Waals surface area contributed by atoms with Gasteiger partial charge in [0.2, 0.25) is 0 Å². The summed E-state index contributed by atoms with van der Waals surface area (Å²) < 4.78 is 24.4. The Morgan fingerprint density at radius 1 is 1.47 bits per heavy atom. The maximum Gasteiger partial charge on any atom is 0.323 e. The number of hydrogen-bond acceptors (Lipinski definition) is 4. The third-order valence-electron chi connectivity index (χ3n) is 2.55. The summed E-state index contributed by atoms with van der Waals surface area (Å²) in [5.74, 6) is -1.02. The van der Waals surface area contributed by atoms with Crippen molar-refractivity contribution in [1.82, 2.24) is 0 Å². The molecule has 1 aromatic carbocycles. The molecule has 0 bridgehead atoms. The molecular weight excluding hydrogens is 310 g/mol. The molecule has 0 saturated heterocycles. The van der Waals surface area contributed by atoms with Gasteiger partial charge in [0.25, 0.3) is 0 Å². The first-order chi connectivity index (χ1) is 7.90. The highest BCUT2D eigenvalue weighted by molar-refractivity contribution is 9.10. The summed E-state index contributed by atoms with van der Waals surface area (Å²) in [7, 11) is -3.28. The molecule has 1 N–H and O–H groups in total. The van der Waals surface area contributed by atoms with Crippen LogP contribution in [0, 0.1) is 0 Å². The molecule has 7 heteroatoms. The molecule has 0 aliphatic carbocycles. The third-order valence-corrected chi connectivity index (χ3v) is 4.78. The summed E-state index contributed by atoms with van der Waals surface area (Å²) in [6.45, 7) is 0.0110. The first-order valence-electron chi connectivity index (χ1n) is 4.89. The molecule has 0 radical (unpaired) electrons. The highest BCUT2D eigenvalue weighted by atomic mass is 79.9. The average Bonchev–Trinajstić information content (AvgIpc) is 2.22. The number of carboxylic acid groups (broad SMARTS) is 1. The molecular formula is C10H10BrNO4S. The van der Waals surface area contributed by atoms with Crippen molar-refractivity contribution >= 4 is 37.4 Å². The van der Waals surface area contributed by atoms with Crippen LogP contribution in [0.4, 0.5) is 5.69 Å². The monoisotopic (exact) mass is 319 g/mol. The zero-order valence-corrected chi connectivity index (χ0v) is 11.2. The summed E-state index contributed by atoms with van der Waals surface area (Å²) in [4.78, 5) is 12.5. The van der Waals surface area contributed by atoms with Crippen molar-refractivity contribution in [3.63, 3.8) is 0 Å². The molecule has 0 unspecified atom stereocenters. The predicted octanol–water partition coefficient (Wildman–Crippen LogP) is 1.13. The number of carboxylic acids is 1. The van der Waals surface area contributed by atoms with Crippen LogP contribution < -0.4 is 4.90 Å². The van der Waals surface area contributed by atoms with Gasteiger partial charge in [-0.05, 0) is 18.2 Å². The van der Waals surface area contributed by atoms with Gasteiger partial charge in [0.1, 0.15) is 6.54 Å². The van der Waals surface area contributed by atoms with E-state index < -0.39 is 15.8 Å². The van der Waals surface area contributed by atoms with Crippen LogP contribution in [0.15, 0.2) is 27.6 Å². The molecule has 0 aromatic heterocycles. The molecule has 0 saturated carbocycles. The van der Waals surface area contributed by atoms with Gasteiger partial charge >= 0.3 is 5.97 Å². The summed E-state index contributed by atoms with van der Waals surface area (Å²) in [6, 6.07) is 4.78. The summed E-state index contributed by atoms with van der Waals surface area (Å²) in [6.07, 6.45) is 0. The van der Waals surface area contributed by atoms with Crippen molar-refractivity contribution in [3.8, 4) is 0 Å². The maximum atomic E-state index is 11.8. The molecule has 1 aliphatic rings. The number of sulfone groups is 1. The minimum absolute atomic E-state index is 0.0467. The smallest absolute Gasteiger partial charge is 0.323 e. The Morgan fingerprint density at radius 2 is 2.18 bits per heavy atom. The molecule has 0 atom stereocenters. The van der Waals surface area contributed by atoms with Crippen molar-refractivity contribution in [2.24, 2.45) is 0 Å². The van der Waals surface area contributed by atoms with E-state index in [1.54, 1.807) is 17.0 Å². The molecule has 1 heterocycles. The fraction of sp³-hybridized carbons (Fsp3) is 0.300. The van der Waals surface area contributed by atoms with Crippen LogP contribution in [0.2, 0.25) is 0 Å². The lowest BCUT2D eigenvalue weighted by Gasteiger charge is -2.29. The topological polar surface area (TPSA) is 74.7 Å². The Bertz CT molecular complexity index is 570. The van der Waals surface area contributed by atoms with E-state index in [9.17, 15) is 13.2 Å². The van der Waals surface area contributed by atoms with E-state index in [1.165, 1.54) is 6.07 Å². The minimum atomic E-state index is -3.28. The van der Waals surface area contributed by atoms with E-state index in [4.69, 9.17) is 5.11 Å². The quantitative estimate of drug-likeness (QED) is 0.884. The van der Waals surface area contributed by atoms with Crippen molar-refractivity contribution < 1.29 is 18.3 Å². The van der Waals surface area contributed by atoms with Gasteiger partial charge in [-0.15, -0.1) is 0 Å². The van der Waals surface area contributed by atoms with E-state index in [0.717, 1.165) is 4.47 Å². The van der Waals surface area contributed by atoms with Gasteiger partial charge in [-0.25, -0.2) is 8.42 Å². The van der Waals surface area contributed by atoms with E-state index in [0.29, 0.717) is 5.69 Å². The van der Waals surface area contributed by atoms with Crippen LogP contribution in [0.3, 0.4) is 0 Å². The number of halogens is 1. The second kappa shape index (κ2) is 4.30. The average molecular weight is 320 g/mol. The van der Waals surface area contributed by atoms with E-state index >= 15 is 0 Å². The Kier molecular flexibility index (Phi) is 3.13. The number of fused-ring (bicyclic) bond motifs is 1. The standard InChI is InChI=1S/C10H10BrNO4S/c11-7-1-2-9-8(5-7)12(6-10(13)14)3-4-17(9,15)16/h1-2,5H,3-4,6H2,(H,13,14). The fourth-order valence-corrected chi connectivity index (χ4v) is 3.60. The Hall–Kier alpha value is -1.08. The van der Waals surface area contributed by atoms with Gasteiger partial charge in [-0.3, -0.25) is 4.79 Å². The lowest BCUT2D eigenvalue weighted by molar-refractivity contribution is -0.135. The molecule has 1 aliphatic heterocycles. The summed E-state index contributed by atoms with van der Waals surface area (Å²) in [5, 5.41) is 8.79. The van der Waals surface area contributed by atoms with Crippen LogP contribution in [0.5, 0.6) is 0 Å². The van der Waals surface area contributed by atoms with Crippen LogP contribution in [0.25, 0.3) is 0 Å². The fourth-order valence-electron chi connectivity index (χ4n) is 1.79.